The number of rotatable bonds is 7. The van der Waals surface area contributed by atoms with Gasteiger partial charge in [-0.3, -0.25) is 9.59 Å². The molecule has 6 heteroatoms. The van der Waals surface area contributed by atoms with Crippen LogP contribution in [0, 0.1) is 11.8 Å². The van der Waals surface area contributed by atoms with Crippen LogP contribution in [0.5, 0.6) is 0 Å². The van der Waals surface area contributed by atoms with Gasteiger partial charge in [-0.1, -0.05) is 61.6 Å². The fraction of sp³-hybridized carbons (Fsp3) is 0.423. The second-order valence-electron chi connectivity index (χ2n) is 8.98. The van der Waals surface area contributed by atoms with Crippen LogP contribution >= 0.6 is 11.3 Å². The van der Waals surface area contributed by atoms with E-state index in [4.69, 9.17) is 0 Å². The summed E-state index contributed by atoms with van der Waals surface area (Å²) in [4.78, 5) is 31.2. The quantitative estimate of drug-likeness (QED) is 0.532. The Morgan fingerprint density at radius 2 is 1.84 bits per heavy atom. The highest BCUT2D eigenvalue weighted by atomic mass is 32.1. The van der Waals surface area contributed by atoms with Crippen LogP contribution in [-0.2, 0) is 22.4 Å². The number of hydrogen-bond donors (Lipinski definition) is 1. The summed E-state index contributed by atoms with van der Waals surface area (Å²) in [5.41, 5.74) is 3.41. The number of carbonyl (C=O) groups excluding carboxylic acids is 2. The van der Waals surface area contributed by atoms with Crippen LogP contribution in [0.3, 0.4) is 0 Å². The van der Waals surface area contributed by atoms with E-state index in [1.54, 1.807) is 0 Å². The molecular formula is C26H31N3O2S. The minimum Gasteiger partial charge on any atom is -0.343 e. The zero-order chi connectivity index (χ0) is 22.5. The van der Waals surface area contributed by atoms with E-state index in [1.165, 1.54) is 16.9 Å². The first-order valence-electron chi connectivity index (χ1n) is 11.5. The Hall–Kier alpha value is -2.73. The number of aromatic nitrogens is 1. The normalized spacial score (nSPS) is 14.8. The van der Waals surface area contributed by atoms with Crippen LogP contribution in [-0.4, -0.2) is 34.8 Å². The van der Waals surface area contributed by atoms with Crippen molar-refractivity contribution in [3.63, 3.8) is 0 Å². The van der Waals surface area contributed by atoms with Gasteiger partial charge in [0.25, 0.3) is 0 Å². The van der Waals surface area contributed by atoms with Crippen molar-refractivity contribution in [2.45, 2.75) is 46.0 Å². The predicted molar refractivity (Wildman–Crippen MR) is 131 cm³/mol. The molecular weight excluding hydrogens is 418 g/mol. The lowest BCUT2D eigenvalue weighted by Gasteiger charge is -2.32. The van der Waals surface area contributed by atoms with Crippen molar-refractivity contribution in [1.82, 2.24) is 9.88 Å². The molecule has 1 aromatic heterocycles. The average Bonchev–Trinajstić information content (AvgIpc) is 3.20. The van der Waals surface area contributed by atoms with E-state index >= 15 is 0 Å². The van der Waals surface area contributed by atoms with Gasteiger partial charge >= 0.3 is 0 Å². The minimum absolute atomic E-state index is 0.0255. The largest absolute Gasteiger partial charge is 0.343 e. The maximum atomic E-state index is 12.8. The van der Waals surface area contributed by atoms with E-state index in [-0.39, 0.29) is 17.7 Å². The van der Waals surface area contributed by atoms with Gasteiger partial charge in [0.05, 0.1) is 10.2 Å². The van der Waals surface area contributed by atoms with Crippen molar-refractivity contribution < 1.29 is 9.59 Å². The van der Waals surface area contributed by atoms with Gasteiger partial charge in [0.1, 0.15) is 0 Å². The average molecular weight is 450 g/mol. The van der Waals surface area contributed by atoms with Crippen molar-refractivity contribution in [3.8, 4) is 0 Å². The van der Waals surface area contributed by atoms with Crippen LogP contribution < -0.4 is 5.32 Å². The lowest BCUT2D eigenvalue weighted by molar-refractivity contribution is -0.132. The number of nitrogens with one attached hydrogen (secondary N) is 1. The Morgan fingerprint density at radius 1 is 1.09 bits per heavy atom. The maximum absolute atomic E-state index is 12.8. The molecule has 5 nitrogen and oxygen atoms in total. The molecule has 2 heterocycles. The van der Waals surface area contributed by atoms with E-state index < -0.39 is 0 Å². The van der Waals surface area contributed by atoms with Crippen molar-refractivity contribution in [1.29, 1.82) is 0 Å². The fourth-order valence-corrected chi connectivity index (χ4v) is 5.10. The van der Waals surface area contributed by atoms with E-state index in [0.29, 0.717) is 17.5 Å². The molecule has 0 aliphatic carbocycles. The number of benzene rings is 2. The molecule has 1 N–H and O–H groups in total. The first-order valence-corrected chi connectivity index (χ1v) is 12.3. The van der Waals surface area contributed by atoms with Gasteiger partial charge in [0, 0.05) is 25.4 Å². The van der Waals surface area contributed by atoms with Gasteiger partial charge in [-0.15, -0.1) is 0 Å². The number of likely N-dealkylation sites (tertiary alicyclic amines) is 1. The number of hydrogen-bond acceptors (Lipinski definition) is 4. The highest BCUT2D eigenvalue weighted by molar-refractivity contribution is 7.22. The molecule has 4 rings (SSSR count). The molecule has 0 unspecified atom stereocenters. The Labute approximate surface area is 193 Å². The molecule has 168 valence electrons. The molecule has 3 aromatic rings. The third-order valence-corrected chi connectivity index (χ3v) is 7.10. The van der Waals surface area contributed by atoms with Gasteiger partial charge in [0.2, 0.25) is 11.8 Å². The van der Waals surface area contributed by atoms with E-state index in [1.807, 2.05) is 30.9 Å². The molecule has 1 aliphatic rings. The number of piperidine rings is 1. The standard InChI is InChI=1S/C26H31N3O2S/c1-18(2)25(31)28-26-27-22-10-8-20(17-23(22)32-26)9-11-24(30)29-14-12-21(13-15-29)16-19-6-4-3-5-7-19/h3-8,10,17-18,21H,9,11-16H2,1-2H3,(H,27,28,31). The van der Waals surface area contributed by atoms with Crippen molar-refractivity contribution in [2.75, 3.05) is 18.4 Å². The van der Waals surface area contributed by atoms with Crippen molar-refractivity contribution >= 4 is 38.5 Å². The second kappa shape index (κ2) is 10.3. The zero-order valence-corrected chi connectivity index (χ0v) is 19.7. The van der Waals surface area contributed by atoms with Gasteiger partial charge in [-0.25, -0.2) is 4.98 Å². The number of aryl methyl sites for hydroxylation is 1. The van der Waals surface area contributed by atoms with Crippen LogP contribution in [0.25, 0.3) is 10.2 Å². The Bertz CT molecular complexity index is 1070. The summed E-state index contributed by atoms with van der Waals surface area (Å²) in [6.45, 7) is 5.46. The van der Waals surface area contributed by atoms with Crippen LogP contribution in [0.1, 0.15) is 44.2 Å². The number of amides is 2. The van der Waals surface area contributed by atoms with Crippen LogP contribution in [0.2, 0.25) is 0 Å². The van der Waals surface area contributed by atoms with Gasteiger partial charge in [-0.05, 0) is 54.9 Å². The SMILES string of the molecule is CC(C)C(=O)Nc1nc2ccc(CCC(=O)N3CCC(Cc4ccccc4)CC3)cc2s1. The second-order valence-corrected chi connectivity index (χ2v) is 10.0. The predicted octanol–water partition coefficient (Wildman–Crippen LogP) is 5.30. The monoisotopic (exact) mass is 449 g/mol. The summed E-state index contributed by atoms with van der Waals surface area (Å²) < 4.78 is 1.04. The van der Waals surface area contributed by atoms with Gasteiger partial charge in [-0.2, -0.15) is 0 Å². The number of fused-ring (bicyclic) bond motifs is 1. The highest BCUT2D eigenvalue weighted by Gasteiger charge is 2.22. The van der Waals surface area contributed by atoms with Gasteiger partial charge in [0.15, 0.2) is 5.13 Å². The zero-order valence-electron chi connectivity index (χ0n) is 18.8. The Balaban J connectivity index is 1.27. The number of anilines is 1. The molecule has 0 bridgehead atoms. The molecule has 2 amide bonds. The molecule has 1 aliphatic heterocycles. The Morgan fingerprint density at radius 3 is 2.56 bits per heavy atom. The first kappa shape index (κ1) is 22.5. The summed E-state index contributed by atoms with van der Waals surface area (Å²) in [5.74, 6) is 0.812. The van der Waals surface area contributed by atoms with Crippen molar-refractivity contribution in [2.24, 2.45) is 11.8 Å². The Kier molecular flexibility index (Phi) is 7.20. The maximum Gasteiger partial charge on any atom is 0.228 e. The van der Waals surface area contributed by atoms with Gasteiger partial charge < -0.3 is 10.2 Å². The molecule has 0 atom stereocenters. The summed E-state index contributed by atoms with van der Waals surface area (Å²) in [6.07, 6.45) is 4.53. The summed E-state index contributed by atoms with van der Waals surface area (Å²) in [7, 11) is 0. The minimum atomic E-state index is -0.0769. The molecule has 2 aromatic carbocycles. The van der Waals surface area contributed by atoms with E-state index in [2.05, 4.69) is 46.7 Å². The third kappa shape index (κ3) is 5.74. The topological polar surface area (TPSA) is 62.3 Å². The van der Waals surface area contributed by atoms with Crippen LogP contribution in [0.4, 0.5) is 5.13 Å². The molecule has 0 spiro atoms. The first-order chi connectivity index (χ1) is 15.5. The fourth-order valence-electron chi connectivity index (χ4n) is 4.17. The van der Waals surface area contributed by atoms with E-state index in [9.17, 15) is 9.59 Å². The number of nitrogens with zero attached hydrogens (tertiary/aromatic N) is 2. The smallest absolute Gasteiger partial charge is 0.228 e. The van der Waals surface area contributed by atoms with Crippen LogP contribution in [0.15, 0.2) is 48.5 Å². The molecule has 32 heavy (non-hydrogen) atoms. The summed E-state index contributed by atoms with van der Waals surface area (Å²) >= 11 is 1.48. The lowest BCUT2D eigenvalue weighted by Crippen LogP contribution is -2.39. The summed E-state index contributed by atoms with van der Waals surface area (Å²) in [6, 6.07) is 16.7. The molecule has 1 saturated heterocycles. The number of carbonyl (C=O) groups is 2. The lowest BCUT2D eigenvalue weighted by atomic mass is 9.90. The molecule has 0 radical (unpaired) electrons. The highest BCUT2D eigenvalue weighted by Crippen LogP contribution is 2.28. The summed E-state index contributed by atoms with van der Waals surface area (Å²) in [5, 5.41) is 3.50. The molecule has 1 fully saturated rings. The molecule has 0 saturated carbocycles. The van der Waals surface area contributed by atoms with Crippen molar-refractivity contribution in [3.05, 3.63) is 59.7 Å². The third-order valence-electron chi connectivity index (χ3n) is 6.17. The van der Waals surface area contributed by atoms with E-state index in [0.717, 1.165) is 54.6 Å². The number of thiazole rings is 1.